The number of hydrogen-bond donors (Lipinski definition) is 1. The number of halogens is 1. The number of thioether (sulfide) groups is 1. The van der Waals surface area contributed by atoms with Crippen LogP contribution < -0.4 is 10.3 Å². The Kier molecular flexibility index (Phi) is 4.82. The Hall–Kier alpha value is -3.11. The Morgan fingerprint density at radius 1 is 1.20 bits per heavy atom. The van der Waals surface area contributed by atoms with E-state index in [4.69, 9.17) is 4.74 Å². The van der Waals surface area contributed by atoms with Crippen molar-refractivity contribution in [2.75, 3.05) is 6.26 Å². The van der Waals surface area contributed by atoms with Gasteiger partial charge in [-0.25, -0.2) is 9.37 Å². The first kappa shape index (κ1) is 16.7. The van der Waals surface area contributed by atoms with E-state index in [-0.39, 0.29) is 11.4 Å². The van der Waals surface area contributed by atoms with E-state index in [1.165, 1.54) is 36.0 Å². The van der Waals surface area contributed by atoms with Crippen molar-refractivity contribution in [1.82, 2.24) is 9.97 Å². The van der Waals surface area contributed by atoms with E-state index in [1.54, 1.807) is 30.5 Å². The minimum atomic E-state index is -0.485. The van der Waals surface area contributed by atoms with Crippen LogP contribution in [0.3, 0.4) is 0 Å². The van der Waals surface area contributed by atoms with Crippen LogP contribution in [0.2, 0.25) is 0 Å². The molecule has 25 heavy (non-hydrogen) atoms. The molecule has 0 aliphatic carbocycles. The highest BCUT2D eigenvalue weighted by Crippen LogP contribution is 2.28. The fourth-order valence-corrected chi connectivity index (χ4v) is 2.58. The van der Waals surface area contributed by atoms with Crippen molar-refractivity contribution in [3.05, 3.63) is 70.3 Å². The number of hydrogen-bond acceptors (Lipinski definition) is 5. The molecule has 0 aliphatic heterocycles. The molecule has 0 radical (unpaired) electrons. The summed E-state index contributed by atoms with van der Waals surface area (Å²) in [5.74, 6) is 0.612. The summed E-state index contributed by atoms with van der Waals surface area (Å²) >= 11 is 1.28. The quantitative estimate of drug-likeness (QED) is 0.567. The summed E-state index contributed by atoms with van der Waals surface area (Å²) in [6.07, 6.45) is 1.78. The molecule has 0 saturated heterocycles. The van der Waals surface area contributed by atoms with Crippen LogP contribution in [0.1, 0.15) is 5.56 Å². The molecular formula is C18H12FN3O2S. The van der Waals surface area contributed by atoms with Crippen molar-refractivity contribution in [2.45, 2.75) is 5.16 Å². The van der Waals surface area contributed by atoms with Crippen LogP contribution in [-0.4, -0.2) is 16.2 Å². The number of H-pyrrole nitrogens is 1. The third-order valence-electron chi connectivity index (χ3n) is 3.36. The van der Waals surface area contributed by atoms with Gasteiger partial charge in [-0.1, -0.05) is 23.9 Å². The summed E-state index contributed by atoms with van der Waals surface area (Å²) in [6, 6.07) is 14.4. The second-order valence-corrected chi connectivity index (χ2v) is 5.79. The van der Waals surface area contributed by atoms with E-state index in [2.05, 4.69) is 9.97 Å². The zero-order valence-electron chi connectivity index (χ0n) is 13.1. The number of benzene rings is 2. The Morgan fingerprint density at radius 2 is 1.96 bits per heavy atom. The van der Waals surface area contributed by atoms with Gasteiger partial charge < -0.3 is 9.72 Å². The van der Waals surface area contributed by atoms with E-state index in [0.717, 1.165) is 0 Å². The van der Waals surface area contributed by atoms with Gasteiger partial charge in [0.1, 0.15) is 28.9 Å². The first-order chi connectivity index (χ1) is 12.1. The lowest BCUT2D eigenvalue weighted by Crippen LogP contribution is -2.14. The third-order valence-corrected chi connectivity index (χ3v) is 3.94. The zero-order chi connectivity index (χ0) is 17.8. The first-order valence-electron chi connectivity index (χ1n) is 7.23. The predicted molar refractivity (Wildman–Crippen MR) is 93.3 cm³/mol. The molecule has 2 aromatic carbocycles. The summed E-state index contributed by atoms with van der Waals surface area (Å²) in [6.45, 7) is 0. The second-order valence-electron chi connectivity index (χ2n) is 4.99. The monoisotopic (exact) mass is 353 g/mol. The van der Waals surface area contributed by atoms with Gasteiger partial charge in [0.05, 0.1) is 5.69 Å². The lowest BCUT2D eigenvalue weighted by molar-refractivity contribution is 0.481. The highest BCUT2D eigenvalue weighted by Gasteiger charge is 2.14. The molecule has 0 amide bonds. The molecule has 0 bridgehead atoms. The Balaban J connectivity index is 2.02. The number of rotatable bonds is 4. The minimum Gasteiger partial charge on any atom is -0.457 e. The maximum absolute atomic E-state index is 13.0. The summed E-state index contributed by atoms with van der Waals surface area (Å²) in [5.41, 5.74) is 0.330. The van der Waals surface area contributed by atoms with E-state index in [9.17, 15) is 14.4 Å². The van der Waals surface area contributed by atoms with Crippen molar-refractivity contribution in [3.8, 4) is 28.8 Å². The average molecular weight is 353 g/mol. The van der Waals surface area contributed by atoms with Crippen LogP contribution in [0, 0.1) is 17.1 Å². The average Bonchev–Trinajstić information content (AvgIpc) is 2.63. The van der Waals surface area contributed by atoms with Crippen LogP contribution in [-0.2, 0) is 0 Å². The second kappa shape index (κ2) is 7.20. The fraction of sp³-hybridized carbons (Fsp3) is 0.0556. The molecule has 0 unspecified atom stereocenters. The van der Waals surface area contributed by atoms with Crippen LogP contribution in [0.25, 0.3) is 11.3 Å². The van der Waals surface area contributed by atoms with Gasteiger partial charge in [0.25, 0.3) is 5.56 Å². The third kappa shape index (κ3) is 3.70. The fourth-order valence-electron chi connectivity index (χ4n) is 2.21. The summed E-state index contributed by atoms with van der Waals surface area (Å²) in [4.78, 5) is 18.9. The molecule has 0 spiro atoms. The van der Waals surface area contributed by atoms with Gasteiger partial charge >= 0.3 is 0 Å². The van der Waals surface area contributed by atoms with Gasteiger partial charge in [0.2, 0.25) is 0 Å². The molecule has 0 atom stereocenters. The van der Waals surface area contributed by atoms with Gasteiger partial charge in [-0.05, 0) is 42.7 Å². The Labute approximate surface area is 147 Å². The Bertz CT molecular complexity index is 1010. The summed E-state index contributed by atoms with van der Waals surface area (Å²) in [7, 11) is 0. The Morgan fingerprint density at radius 3 is 2.64 bits per heavy atom. The highest BCUT2D eigenvalue weighted by molar-refractivity contribution is 7.98. The number of ether oxygens (including phenoxy) is 1. The molecule has 1 aromatic heterocycles. The molecule has 1 heterocycles. The maximum atomic E-state index is 13.0. The van der Waals surface area contributed by atoms with Gasteiger partial charge in [0.15, 0.2) is 5.16 Å². The van der Waals surface area contributed by atoms with Gasteiger partial charge in [-0.2, -0.15) is 5.26 Å². The van der Waals surface area contributed by atoms with Crippen LogP contribution >= 0.6 is 11.8 Å². The van der Waals surface area contributed by atoms with Crippen LogP contribution in [0.4, 0.5) is 4.39 Å². The lowest BCUT2D eigenvalue weighted by Gasteiger charge is -2.09. The molecule has 0 saturated carbocycles. The summed E-state index contributed by atoms with van der Waals surface area (Å²) in [5, 5.41) is 9.69. The minimum absolute atomic E-state index is 0.0586. The summed E-state index contributed by atoms with van der Waals surface area (Å²) < 4.78 is 18.7. The van der Waals surface area contributed by atoms with Crippen molar-refractivity contribution < 1.29 is 9.13 Å². The van der Waals surface area contributed by atoms with E-state index >= 15 is 0 Å². The molecule has 0 aliphatic rings. The number of nitrogens with zero attached hydrogens (tertiary/aromatic N) is 2. The van der Waals surface area contributed by atoms with Crippen molar-refractivity contribution in [3.63, 3.8) is 0 Å². The first-order valence-corrected chi connectivity index (χ1v) is 8.45. The van der Waals surface area contributed by atoms with Crippen LogP contribution in [0.5, 0.6) is 11.5 Å². The van der Waals surface area contributed by atoms with Gasteiger partial charge in [-0.3, -0.25) is 4.79 Å². The molecule has 124 valence electrons. The topological polar surface area (TPSA) is 78.8 Å². The molecule has 7 heteroatoms. The van der Waals surface area contributed by atoms with Crippen molar-refractivity contribution >= 4 is 11.8 Å². The molecule has 1 N–H and O–H groups in total. The van der Waals surface area contributed by atoms with Crippen molar-refractivity contribution in [1.29, 1.82) is 5.26 Å². The van der Waals surface area contributed by atoms with E-state index < -0.39 is 5.56 Å². The highest BCUT2D eigenvalue weighted by atomic mass is 32.2. The number of nitriles is 1. The van der Waals surface area contributed by atoms with Gasteiger partial charge in [-0.15, -0.1) is 0 Å². The van der Waals surface area contributed by atoms with E-state index in [0.29, 0.717) is 27.9 Å². The standard InChI is InChI=1S/C18H12FN3O2S/c1-25-18-21-16(15(10-20)17(23)22-18)11-3-2-4-14(9-11)24-13-7-5-12(19)6-8-13/h2-9H,1H3,(H,21,22,23). The SMILES string of the molecule is CSc1nc(-c2cccc(Oc3ccc(F)cc3)c2)c(C#N)c(=O)[nH]1. The number of nitrogens with one attached hydrogen (secondary N) is 1. The number of aromatic nitrogens is 2. The smallest absolute Gasteiger partial charge is 0.270 e. The molecule has 0 fully saturated rings. The van der Waals surface area contributed by atoms with E-state index in [1.807, 2.05) is 6.07 Å². The largest absolute Gasteiger partial charge is 0.457 e. The van der Waals surface area contributed by atoms with Crippen LogP contribution in [0.15, 0.2) is 58.5 Å². The normalized spacial score (nSPS) is 10.3. The molecule has 5 nitrogen and oxygen atoms in total. The van der Waals surface area contributed by atoms with Crippen molar-refractivity contribution in [2.24, 2.45) is 0 Å². The molecule has 3 aromatic rings. The number of aromatic amines is 1. The zero-order valence-corrected chi connectivity index (χ0v) is 13.9. The lowest BCUT2D eigenvalue weighted by atomic mass is 10.1. The maximum Gasteiger partial charge on any atom is 0.270 e. The predicted octanol–water partition coefficient (Wildman–Crippen LogP) is 3.96. The molecule has 3 rings (SSSR count). The van der Waals surface area contributed by atoms with Gasteiger partial charge in [0, 0.05) is 5.56 Å². The molecular weight excluding hydrogens is 341 g/mol.